The van der Waals surface area contributed by atoms with Gasteiger partial charge in [-0.15, -0.1) is 0 Å². The number of carbonyl (C=O) groups excluding carboxylic acids is 1. The van der Waals surface area contributed by atoms with E-state index in [0.29, 0.717) is 11.7 Å². The predicted molar refractivity (Wildman–Crippen MR) is 92.9 cm³/mol. The molecule has 0 unspecified atom stereocenters. The third kappa shape index (κ3) is 5.25. The Morgan fingerprint density at radius 2 is 1.87 bits per heavy atom. The normalized spacial score (nSPS) is 11.0. The molecule has 1 N–H and O–H groups in total. The van der Waals surface area contributed by atoms with Crippen LogP contribution < -0.4 is 10.2 Å². The van der Waals surface area contributed by atoms with Gasteiger partial charge in [0, 0.05) is 0 Å². The number of hydrogen-bond acceptors (Lipinski definition) is 3. The highest BCUT2D eigenvalue weighted by atomic mass is 16.5. The summed E-state index contributed by atoms with van der Waals surface area (Å²) in [6.45, 7) is 6.18. The summed E-state index contributed by atoms with van der Waals surface area (Å²) in [7, 11) is 0. The molecule has 0 atom stereocenters. The minimum absolute atomic E-state index is 0.0610. The van der Waals surface area contributed by atoms with Gasteiger partial charge in [-0.1, -0.05) is 56.3 Å². The number of aryl methyl sites for hydroxylation is 1. The second kappa shape index (κ2) is 8.13. The molecule has 4 heteroatoms. The van der Waals surface area contributed by atoms with E-state index in [1.54, 1.807) is 6.21 Å². The summed E-state index contributed by atoms with van der Waals surface area (Å²) in [5.74, 6) is 0.915. The van der Waals surface area contributed by atoms with Crippen molar-refractivity contribution in [3.63, 3.8) is 0 Å². The van der Waals surface area contributed by atoms with Crippen LogP contribution in [0.3, 0.4) is 0 Å². The lowest BCUT2D eigenvalue weighted by atomic mass is 10.0. The molecule has 2 rings (SSSR count). The number of hydrogen-bond donors (Lipinski definition) is 1. The van der Waals surface area contributed by atoms with Crippen molar-refractivity contribution < 1.29 is 9.53 Å². The van der Waals surface area contributed by atoms with E-state index in [1.807, 2.05) is 43.3 Å². The van der Waals surface area contributed by atoms with Crippen molar-refractivity contribution >= 4 is 12.1 Å². The molecule has 4 nitrogen and oxygen atoms in total. The van der Waals surface area contributed by atoms with Crippen molar-refractivity contribution in [2.75, 3.05) is 6.61 Å². The Morgan fingerprint density at radius 1 is 1.17 bits per heavy atom. The third-order valence-corrected chi connectivity index (χ3v) is 3.46. The van der Waals surface area contributed by atoms with Crippen LogP contribution in [0.5, 0.6) is 5.75 Å². The van der Waals surface area contributed by atoms with Gasteiger partial charge in [0.1, 0.15) is 5.75 Å². The zero-order valence-electron chi connectivity index (χ0n) is 13.7. The van der Waals surface area contributed by atoms with Crippen LogP contribution >= 0.6 is 0 Å². The first kappa shape index (κ1) is 16.7. The average Bonchev–Trinajstić information content (AvgIpc) is 2.54. The maximum atomic E-state index is 11.7. The highest BCUT2D eigenvalue weighted by molar-refractivity contribution is 5.82. The van der Waals surface area contributed by atoms with Gasteiger partial charge in [-0.2, -0.15) is 5.10 Å². The Kier molecular flexibility index (Phi) is 5.92. The van der Waals surface area contributed by atoms with Gasteiger partial charge in [0.15, 0.2) is 6.61 Å². The van der Waals surface area contributed by atoms with Gasteiger partial charge in [-0.05, 0) is 35.6 Å². The summed E-state index contributed by atoms with van der Waals surface area (Å²) in [4.78, 5) is 11.7. The first-order chi connectivity index (χ1) is 11.1. The van der Waals surface area contributed by atoms with E-state index in [4.69, 9.17) is 4.74 Å². The highest BCUT2D eigenvalue weighted by Crippen LogP contribution is 2.16. The molecule has 0 fully saturated rings. The number of hydrazone groups is 1. The van der Waals surface area contributed by atoms with Gasteiger partial charge in [-0.25, -0.2) is 5.43 Å². The number of rotatable bonds is 6. The monoisotopic (exact) mass is 310 g/mol. The molecule has 0 aliphatic rings. The van der Waals surface area contributed by atoms with Crippen molar-refractivity contribution in [2.24, 2.45) is 5.10 Å². The molecule has 0 spiro atoms. The molecule has 23 heavy (non-hydrogen) atoms. The van der Waals surface area contributed by atoms with Gasteiger partial charge >= 0.3 is 0 Å². The Labute approximate surface area is 137 Å². The first-order valence-corrected chi connectivity index (χ1v) is 7.66. The van der Waals surface area contributed by atoms with Crippen molar-refractivity contribution in [2.45, 2.75) is 26.7 Å². The van der Waals surface area contributed by atoms with Crippen molar-refractivity contribution in [3.05, 3.63) is 65.2 Å². The van der Waals surface area contributed by atoms with Gasteiger partial charge in [0.2, 0.25) is 0 Å². The van der Waals surface area contributed by atoms with E-state index < -0.39 is 0 Å². The smallest absolute Gasteiger partial charge is 0.277 e. The first-order valence-electron chi connectivity index (χ1n) is 7.66. The average molecular weight is 310 g/mol. The van der Waals surface area contributed by atoms with E-state index >= 15 is 0 Å². The summed E-state index contributed by atoms with van der Waals surface area (Å²) >= 11 is 0. The zero-order chi connectivity index (χ0) is 16.7. The van der Waals surface area contributed by atoms with E-state index in [-0.39, 0.29) is 12.5 Å². The van der Waals surface area contributed by atoms with E-state index in [9.17, 15) is 4.79 Å². The lowest BCUT2D eigenvalue weighted by Gasteiger charge is -2.07. The van der Waals surface area contributed by atoms with Crippen LogP contribution in [-0.2, 0) is 4.79 Å². The fraction of sp³-hybridized carbons (Fsp3) is 0.263. The van der Waals surface area contributed by atoms with Crippen LogP contribution in [0.2, 0.25) is 0 Å². The Hall–Kier alpha value is -2.62. The summed E-state index contributed by atoms with van der Waals surface area (Å²) in [5, 5.41) is 3.95. The largest absolute Gasteiger partial charge is 0.483 e. The van der Waals surface area contributed by atoms with E-state index in [2.05, 4.69) is 36.5 Å². The second-order valence-electron chi connectivity index (χ2n) is 5.67. The van der Waals surface area contributed by atoms with Gasteiger partial charge in [0.25, 0.3) is 5.91 Å². The molecule has 0 saturated carbocycles. The molecule has 2 aromatic carbocycles. The number of amides is 1. The van der Waals surface area contributed by atoms with Crippen LogP contribution in [0.15, 0.2) is 53.6 Å². The molecule has 0 heterocycles. The van der Waals surface area contributed by atoms with Gasteiger partial charge < -0.3 is 4.74 Å². The molecular formula is C19H22N2O2. The van der Waals surface area contributed by atoms with Gasteiger partial charge in [-0.3, -0.25) is 4.79 Å². The molecule has 1 amide bonds. The van der Waals surface area contributed by atoms with Crippen LogP contribution in [0.4, 0.5) is 0 Å². The third-order valence-electron chi connectivity index (χ3n) is 3.46. The minimum Gasteiger partial charge on any atom is -0.483 e. The van der Waals surface area contributed by atoms with Crippen molar-refractivity contribution in [1.82, 2.24) is 5.43 Å². The number of ether oxygens (including phenoxy) is 1. The molecule has 120 valence electrons. The Balaban J connectivity index is 1.80. The van der Waals surface area contributed by atoms with Crippen LogP contribution in [0.1, 0.15) is 36.5 Å². The minimum atomic E-state index is -0.289. The highest BCUT2D eigenvalue weighted by Gasteiger charge is 2.03. The molecule has 0 radical (unpaired) electrons. The second-order valence-corrected chi connectivity index (χ2v) is 5.67. The molecular weight excluding hydrogens is 288 g/mol. The standard InChI is InChI=1S/C19H22N2O2/c1-14(2)17-10-8-16(9-11-17)12-20-21-19(22)13-23-18-7-5-4-6-15(18)3/h4-12,14H,13H2,1-3H3,(H,21,22)/b20-12+. The Morgan fingerprint density at radius 3 is 2.52 bits per heavy atom. The molecule has 2 aromatic rings. The molecule has 0 bridgehead atoms. The lowest BCUT2D eigenvalue weighted by Crippen LogP contribution is -2.24. The number of nitrogens with zero attached hydrogens (tertiary/aromatic N) is 1. The van der Waals surface area contributed by atoms with Crippen molar-refractivity contribution in [3.8, 4) is 5.75 Å². The predicted octanol–water partition coefficient (Wildman–Crippen LogP) is 3.65. The summed E-state index contributed by atoms with van der Waals surface area (Å²) in [6, 6.07) is 15.7. The molecule has 0 aliphatic carbocycles. The number of para-hydroxylation sites is 1. The zero-order valence-corrected chi connectivity index (χ0v) is 13.7. The van der Waals surface area contributed by atoms with E-state index in [1.165, 1.54) is 5.56 Å². The van der Waals surface area contributed by atoms with Crippen LogP contribution in [0, 0.1) is 6.92 Å². The SMILES string of the molecule is Cc1ccccc1OCC(=O)N/N=C/c1ccc(C(C)C)cc1. The van der Waals surface area contributed by atoms with E-state index in [0.717, 1.165) is 11.1 Å². The van der Waals surface area contributed by atoms with Crippen LogP contribution in [-0.4, -0.2) is 18.7 Å². The number of carbonyl (C=O) groups is 1. The summed E-state index contributed by atoms with van der Waals surface area (Å²) in [5.41, 5.74) is 5.67. The van der Waals surface area contributed by atoms with Crippen molar-refractivity contribution in [1.29, 1.82) is 0 Å². The Bertz CT molecular complexity index is 676. The summed E-state index contributed by atoms with van der Waals surface area (Å²) in [6.07, 6.45) is 1.62. The quantitative estimate of drug-likeness (QED) is 0.654. The molecule has 0 aromatic heterocycles. The van der Waals surface area contributed by atoms with Gasteiger partial charge in [0.05, 0.1) is 6.21 Å². The van der Waals surface area contributed by atoms with Crippen LogP contribution in [0.25, 0.3) is 0 Å². The number of benzene rings is 2. The fourth-order valence-corrected chi connectivity index (χ4v) is 2.04. The molecule has 0 saturated heterocycles. The topological polar surface area (TPSA) is 50.7 Å². The lowest BCUT2D eigenvalue weighted by molar-refractivity contribution is -0.123. The summed E-state index contributed by atoms with van der Waals surface area (Å²) < 4.78 is 5.46. The molecule has 0 aliphatic heterocycles. The maximum absolute atomic E-state index is 11.7. The maximum Gasteiger partial charge on any atom is 0.277 e. The number of nitrogens with one attached hydrogen (secondary N) is 1. The fourth-order valence-electron chi connectivity index (χ4n) is 2.04.